The average Bonchev–Trinajstić information content (AvgIpc) is 2.39. The largest absolute Gasteiger partial charge is 0.290 e. The van der Waals surface area contributed by atoms with Crippen molar-refractivity contribution in [1.82, 2.24) is 9.55 Å². The molecule has 1 aromatic heterocycles. The molecule has 7 heteroatoms. The van der Waals surface area contributed by atoms with Gasteiger partial charge in [-0.05, 0) is 35.4 Å². The minimum absolute atomic E-state index is 0.175. The van der Waals surface area contributed by atoms with Gasteiger partial charge in [0.15, 0.2) is 0 Å². The van der Waals surface area contributed by atoms with Crippen LogP contribution in [0.15, 0.2) is 29.2 Å². The van der Waals surface area contributed by atoms with E-state index in [1.165, 1.54) is 6.07 Å². The molecule has 2 aromatic rings. The van der Waals surface area contributed by atoms with Crippen LogP contribution in [-0.4, -0.2) is 9.55 Å². The van der Waals surface area contributed by atoms with E-state index in [-0.39, 0.29) is 23.0 Å². The second-order valence-electron chi connectivity index (χ2n) is 3.68. The second kappa shape index (κ2) is 5.16. The average molecular weight is 282 g/mol. The van der Waals surface area contributed by atoms with Crippen LogP contribution in [0.3, 0.4) is 0 Å². The van der Waals surface area contributed by atoms with E-state index in [2.05, 4.69) is 4.98 Å². The van der Waals surface area contributed by atoms with E-state index < -0.39 is 17.2 Å². The number of hydrogen-bond donors (Lipinski definition) is 0. The quantitative estimate of drug-likeness (QED) is 0.792. The van der Waals surface area contributed by atoms with Crippen LogP contribution in [0.25, 0.3) is 0 Å². The monoisotopic (exact) mass is 281 g/mol. The van der Waals surface area contributed by atoms with Gasteiger partial charge in [0, 0.05) is 0 Å². The van der Waals surface area contributed by atoms with Gasteiger partial charge in [-0.15, -0.1) is 0 Å². The minimum Gasteiger partial charge on any atom is -0.276 e. The molecule has 0 amide bonds. The fourth-order valence-corrected chi connectivity index (χ4v) is 1.74. The molecule has 0 atom stereocenters. The summed E-state index contributed by atoms with van der Waals surface area (Å²) in [6.45, 7) is -0.233. The molecule has 96 valence electrons. The lowest BCUT2D eigenvalue weighted by molar-refractivity contribution is 0.566. The summed E-state index contributed by atoms with van der Waals surface area (Å²) in [4.78, 5) is 15.1. The van der Waals surface area contributed by atoms with Crippen molar-refractivity contribution < 1.29 is 8.78 Å². The van der Waals surface area contributed by atoms with E-state index in [4.69, 9.17) is 16.9 Å². The first-order chi connectivity index (χ1) is 9.02. The number of benzene rings is 1. The van der Waals surface area contributed by atoms with Gasteiger partial charge >= 0.3 is 0 Å². The van der Waals surface area contributed by atoms with Crippen molar-refractivity contribution in [3.05, 3.63) is 62.8 Å². The summed E-state index contributed by atoms with van der Waals surface area (Å²) in [6, 6.07) is 5.34. The molecule has 19 heavy (non-hydrogen) atoms. The molecule has 0 radical (unpaired) electrons. The van der Waals surface area contributed by atoms with E-state index in [9.17, 15) is 13.6 Å². The van der Waals surface area contributed by atoms with Crippen molar-refractivity contribution in [3.8, 4) is 6.07 Å². The zero-order valence-corrected chi connectivity index (χ0v) is 10.2. The van der Waals surface area contributed by atoms with E-state index in [1.54, 1.807) is 0 Å². The fourth-order valence-electron chi connectivity index (χ4n) is 1.56. The van der Waals surface area contributed by atoms with Crippen molar-refractivity contribution >= 4 is 11.6 Å². The maximum Gasteiger partial charge on any atom is 0.290 e. The van der Waals surface area contributed by atoms with Gasteiger partial charge in [0.25, 0.3) is 5.56 Å². The summed E-state index contributed by atoms with van der Waals surface area (Å²) < 4.78 is 27.1. The third kappa shape index (κ3) is 2.61. The van der Waals surface area contributed by atoms with Crippen LogP contribution in [0.4, 0.5) is 8.78 Å². The number of nitrogens with zero attached hydrogens (tertiary/aromatic N) is 3. The van der Waals surface area contributed by atoms with E-state index in [0.717, 1.165) is 16.7 Å². The van der Waals surface area contributed by atoms with Gasteiger partial charge < -0.3 is 0 Å². The van der Waals surface area contributed by atoms with Crippen LogP contribution in [0.5, 0.6) is 0 Å². The molecular formula is C12H6ClF2N3O. The van der Waals surface area contributed by atoms with Crippen molar-refractivity contribution in [2.75, 3.05) is 0 Å². The van der Waals surface area contributed by atoms with Crippen molar-refractivity contribution in [1.29, 1.82) is 5.26 Å². The van der Waals surface area contributed by atoms with Crippen LogP contribution in [-0.2, 0) is 6.54 Å². The molecule has 0 saturated heterocycles. The lowest BCUT2D eigenvalue weighted by Gasteiger charge is -2.09. The van der Waals surface area contributed by atoms with Gasteiger partial charge in [0.05, 0.1) is 24.4 Å². The standard InChI is InChI=1S/C12H6ClF2N3O/c13-12-17-5-10(15)11(19)18(12)6-8-3-9(14)2-1-7(8)4-16/h1-3,5H,6H2. The molecule has 1 heterocycles. The van der Waals surface area contributed by atoms with Gasteiger partial charge in [0.1, 0.15) is 5.82 Å². The molecule has 0 bridgehead atoms. The van der Waals surface area contributed by atoms with Crippen LogP contribution < -0.4 is 5.56 Å². The molecule has 0 saturated carbocycles. The normalized spacial score (nSPS) is 10.2. The highest BCUT2D eigenvalue weighted by molar-refractivity contribution is 6.28. The molecule has 4 nitrogen and oxygen atoms in total. The van der Waals surface area contributed by atoms with Crippen molar-refractivity contribution in [3.63, 3.8) is 0 Å². The highest BCUT2D eigenvalue weighted by atomic mass is 35.5. The Hall–Kier alpha value is -2.26. The molecule has 0 aliphatic rings. The highest BCUT2D eigenvalue weighted by Gasteiger charge is 2.11. The van der Waals surface area contributed by atoms with Crippen molar-refractivity contribution in [2.24, 2.45) is 0 Å². The fraction of sp³-hybridized carbons (Fsp3) is 0.0833. The molecule has 0 N–H and O–H groups in total. The molecule has 2 rings (SSSR count). The zero-order valence-electron chi connectivity index (χ0n) is 9.40. The summed E-state index contributed by atoms with van der Waals surface area (Å²) in [5.74, 6) is -1.64. The smallest absolute Gasteiger partial charge is 0.276 e. The molecule has 0 unspecified atom stereocenters. The van der Waals surface area contributed by atoms with Gasteiger partial charge in [-0.1, -0.05) is 0 Å². The van der Waals surface area contributed by atoms with Crippen LogP contribution in [0, 0.1) is 23.0 Å². The molecule has 0 spiro atoms. The lowest BCUT2D eigenvalue weighted by Crippen LogP contribution is -2.25. The Kier molecular flexibility index (Phi) is 3.58. The van der Waals surface area contributed by atoms with Crippen LogP contribution >= 0.6 is 11.6 Å². The third-order valence-electron chi connectivity index (χ3n) is 2.47. The van der Waals surface area contributed by atoms with E-state index in [0.29, 0.717) is 6.20 Å². The minimum atomic E-state index is -1.07. The van der Waals surface area contributed by atoms with Gasteiger partial charge in [0.2, 0.25) is 11.1 Å². The SMILES string of the molecule is N#Cc1ccc(F)cc1Cn1c(Cl)ncc(F)c1=O. The van der Waals surface area contributed by atoms with Crippen LogP contribution in [0.1, 0.15) is 11.1 Å². The molecule has 1 aromatic carbocycles. The van der Waals surface area contributed by atoms with Crippen molar-refractivity contribution in [2.45, 2.75) is 6.54 Å². The van der Waals surface area contributed by atoms with Crippen LogP contribution in [0.2, 0.25) is 5.28 Å². The Morgan fingerprint density at radius 3 is 2.84 bits per heavy atom. The lowest BCUT2D eigenvalue weighted by atomic mass is 10.1. The first kappa shape index (κ1) is 13.2. The summed E-state index contributed by atoms with van der Waals surface area (Å²) >= 11 is 5.70. The third-order valence-corrected chi connectivity index (χ3v) is 2.77. The molecule has 0 aliphatic carbocycles. The second-order valence-corrected chi connectivity index (χ2v) is 4.02. The molecular weight excluding hydrogens is 276 g/mol. The highest BCUT2D eigenvalue weighted by Crippen LogP contribution is 2.13. The topological polar surface area (TPSA) is 58.7 Å². The number of rotatable bonds is 2. The maximum absolute atomic E-state index is 13.1. The summed E-state index contributed by atoms with van der Waals surface area (Å²) in [5.41, 5.74) is -0.583. The predicted octanol–water partition coefficient (Wildman–Crippen LogP) is 2.09. The zero-order chi connectivity index (χ0) is 14.0. The van der Waals surface area contributed by atoms with Gasteiger partial charge in [-0.3, -0.25) is 9.36 Å². The summed E-state index contributed by atoms with van der Waals surface area (Å²) in [6.07, 6.45) is 0.706. The number of nitriles is 1. The maximum atomic E-state index is 13.1. The summed E-state index contributed by atoms with van der Waals surface area (Å²) in [7, 11) is 0. The first-order valence-electron chi connectivity index (χ1n) is 5.12. The first-order valence-corrected chi connectivity index (χ1v) is 5.50. The Bertz CT molecular complexity index is 737. The Morgan fingerprint density at radius 1 is 1.42 bits per heavy atom. The molecule has 0 aliphatic heterocycles. The number of aromatic nitrogens is 2. The number of halogens is 3. The predicted molar refractivity (Wildman–Crippen MR) is 63.7 cm³/mol. The number of hydrogen-bond acceptors (Lipinski definition) is 3. The Morgan fingerprint density at radius 2 is 2.16 bits per heavy atom. The molecule has 0 fully saturated rings. The van der Waals surface area contributed by atoms with Gasteiger partial charge in [-0.25, -0.2) is 9.37 Å². The Balaban J connectivity index is 2.54. The van der Waals surface area contributed by atoms with E-state index >= 15 is 0 Å². The summed E-state index contributed by atoms with van der Waals surface area (Å²) in [5, 5.41) is 8.66. The van der Waals surface area contributed by atoms with Gasteiger partial charge in [-0.2, -0.15) is 9.65 Å². The Labute approximate surface area is 111 Å². The van der Waals surface area contributed by atoms with E-state index in [1.807, 2.05) is 6.07 Å².